The number of amides is 1. The van der Waals surface area contributed by atoms with E-state index < -0.39 is 0 Å². The molecular formula is C12H7Cl3N2O. The summed E-state index contributed by atoms with van der Waals surface area (Å²) in [6.07, 6.45) is 1.53. The molecule has 1 amide bonds. The van der Waals surface area contributed by atoms with Crippen molar-refractivity contribution in [3.8, 4) is 0 Å². The Morgan fingerprint density at radius 1 is 1.11 bits per heavy atom. The Labute approximate surface area is 119 Å². The standard InChI is InChI=1S/C12H7Cl3N2O/c13-8-4-7(5-9(14)6-8)12(18)17-11-10(15)2-1-3-16-11/h1-6H,(H,16,17,18). The zero-order valence-corrected chi connectivity index (χ0v) is 11.2. The molecule has 1 aromatic heterocycles. The second kappa shape index (κ2) is 5.57. The fourth-order valence-electron chi connectivity index (χ4n) is 1.34. The molecule has 2 aromatic rings. The topological polar surface area (TPSA) is 42.0 Å². The molecule has 6 heteroatoms. The van der Waals surface area contributed by atoms with Crippen LogP contribution in [0.2, 0.25) is 15.1 Å². The third-order valence-electron chi connectivity index (χ3n) is 2.12. The highest BCUT2D eigenvalue weighted by Gasteiger charge is 2.10. The van der Waals surface area contributed by atoms with Crippen molar-refractivity contribution in [2.45, 2.75) is 0 Å². The van der Waals surface area contributed by atoms with Crippen molar-refractivity contribution < 1.29 is 4.79 Å². The lowest BCUT2D eigenvalue weighted by atomic mass is 10.2. The smallest absolute Gasteiger partial charge is 0.256 e. The third kappa shape index (κ3) is 3.13. The monoisotopic (exact) mass is 300 g/mol. The molecule has 0 aliphatic carbocycles. The molecule has 0 aliphatic heterocycles. The Balaban J connectivity index is 2.25. The van der Waals surface area contributed by atoms with E-state index in [1.54, 1.807) is 18.2 Å². The van der Waals surface area contributed by atoms with Crippen LogP contribution >= 0.6 is 34.8 Å². The van der Waals surface area contributed by atoms with Crippen LogP contribution in [-0.4, -0.2) is 10.9 Å². The maximum Gasteiger partial charge on any atom is 0.256 e. The molecule has 0 saturated heterocycles. The highest BCUT2D eigenvalue weighted by Crippen LogP contribution is 2.21. The number of hydrogen-bond donors (Lipinski definition) is 1. The number of pyridine rings is 1. The molecule has 0 spiro atoms. The first kappa shape index (κ1) is 13.1. The lowest BCUT2D eigenvalue weighted by Crippen LogP contribution is -2.13. The number of nitrogens with zero attached hydrogens (tertiary/aromatic N) is 1. The summed E-state index contributed by atoms with van der Waals surface area (Å²) < 4.78 is 0. The maximum atomic E-state index is 11.9. The van der Waals surface area contributed by atoms with E-state index in [2.05, 4.69) is 10.3 Å². The first-order chi connectivity index (χ1) is 8.56. The summed E-state index contributed by atoms with van der Waals surface area (Å²) in [5.41, 5.74) is 0.342. The Morgan fingerprint density at radius 3 is 2.39 bits per heavy atom. The molecule has 92 valence electrons. The van der Waals surface area contributed by atoms with Gasteiger partial charge in [-0.15, -0.1) is 0 Å². The van der Waals surface area contributed by atoms with Gasteiger partial charge in [-0.2, -0.15) is 0 Å². The average Bonchev–Trinajstić information content (AvgIpc) is 2.31. The minimum absolute atomic E-state index is 0.292. The van der Waals surface area contributed by atoms with Gasteiger partial charge in [0.15, 0.2) is 5.82 Å². The average molecular weight is 302 g/mol. The van der Waals surface area contributed by atoms with Crippen molar-refractivity contribution in [2.75, 3.05) is 5.32 Å². The Hall–Kier alpha value is -1.29. The summed E-state index contributed by atoms with van der Waals surface area (Å²) in [4.78, 5) is 15.9. The van der Waals surface area contributed by atoms with Crippen LogP contribution in [0.5, 0.6) is 0 Å². The number of nitrogens with one attached hydrogen (secondary N) is 1. The van der Waals surface area contributed by atoms with Crippen molar-refractivity contribution in [2.24, 2.45) is 0 Å². The van der Waals surface area contributed by atoms with E-state index in [1.165, 1.54) is 18.3 Å². The number of carbonyl (C=O) groups is 1. The summed E-state index contributed by atoms with van der Waals surface area (Å²) in [6, 6.07) is 7.89. The lowest BCUT2D eigenvalue weighted by molar-refractivity contribution is 0.102. The van der Waals surface area contributed by atoms with Crippen molar-refractivity contribution in [1.29, 1.82) is 0 Å². The predicted octanol–water partition coefficient (Wildman–Crippen LogP) is 4.29. The second-order valence-corrected chi connectivity index (χ2v) is 4.73. The maximum absolute atomic E-state index is 11.9. The van der Waals surface area contributed by atoms with Gasteiger partial charge < -0.3 is 5.32 Å². The molecule has 1 aromatic carbocycles. The van der Waals surface area contributed by atoms with Crippen molar-refractivity contribution in [1.82, 2.24) is 4.98 Å². The molecule has 0 atom stereocenters. The van der Waals surface area contributed by atoms with E-state index >= 15 is 0 Å². The summed E-state index contributed by atoms with van der Waals surface area (Å²) in [6.45, 7) is 0. The van der Waals surface area contributed by atoms with Crippen LogP contribution in [-0.2, 0) is 0 Å². The second-order valence-electron chi connectivity index (χ2n) is 3.45. The van der Waals surface area contributed by atoms with E-state index in [-0.39, 0.29) is 5.91 Å². The highest BCUT2D eigenvalue weighted by molar-refractivity contribution is 6.35. The highest BCUT2D eigenvalue weighted by atomic mass is 35.5. The van der Waals surface area contributed by atoms with Crippen LogP contribution < -0.4 is 5.32 Å². The summed E-state index contributed by atoms with van der Waals surface area (Å²) in [5.74, 6) is -0.0831. The number of rotatable bonds is 2. The fraction of sp³-hybridized carbons (Fsp3) is 0. The van der Waals surface area contributed by atoms with E-state index in [0.29, 0.717) is 26.4 Å². The number of carbonyl (C=O) groups excluding carboxylic acids is 1. The molecule has 0 radical (unpaired) electrons. The summed E-state index contributed by atoms with van der Waals surface area (Å²) in [5, 5.41) is 3.72. The number of benzene rings is 1. The van der Waals surface area contributed by atoms with Crippen LogP contribution in [0, 0.1) is 0 Å². The zero-order chi connectivity index (χ0) is 13.1. The van der Waals surface area contributed by atoms with Gasteiger partial charge in [-0.25, -0.2) is 4.98 Å². The molecule has 2 rings (SSSR count). The van der Waals surface area contributed by atoms with Crippen LogP contribution in [0.15, 0.2) is 36.5 Å². The molecule has 1 N–H and O–H groups in total. The van der Waals surface area contributed by atoms with Gasteiger partial charge in [0.1, 0.15) is 0 Å². The number of anilines is 1. The number of hydrogen-bond acceptors (Lipinski definition) is 2. The van der Waals surface area contributed by atoms with Gasteiger partial charge in [-0.1, -0.05) is 34.8 Å². The minimum Gasteiger partial charge on any atom is -0.305 e. The van der Waals surface area contributed by atoms with Crippen LogP contribution in [0.4, 0.5) is 5.82 Å². The molecule has 18 heavy (non-hydrogen) atoms. The fourth-order valence-corrected chi connectivity index (χ4v) is 2.04. The van der Waals surface area contributed by atoms with Gasteiger partial charge in [-0.3, -0.25) is 4.79 Å². The first-order valence-corrected chi connectivity index (χ1v) is 6.07. The number of halogens is 3. The Morgan fingerprint density at radius 2 is 1.78 bits per heavy atom. The predicted molar refractivity (Wildman–Crippen MR) is 73.7 cm³/mol. The van der Waals surface area contributed by atoms with Crippen molar-refractivity contribution >= 4 is 46.5 Å². The Kier molecular flexibility index (Phi) is 4.07. The van der Waals surface area contributed by atoms with E-state index in [1.807, 2.05) is 0 Å². The molecule has 0 fully saturated rings. The zero-order valence-electron chi connectivity index (χ0n) is 8.95. The van der Waals surface area contributed by atoms with Crippen molar-refractivity contribution in [3.05, 3.63) is 57.2 Å². The first-order valence-electron chi connectivity index (χ1n) is 4.94. The molecule has 1 heterocycles. The lowest BCUT2D eigenvalue weighted by Gasteiger charge is -2.06. The molecule has 3 nitrogen and oxygen atoms in total. The largest absolute Gasteiger partial charge is 0.305 e. The van der Waals surface area contributed by atoms with E-state index in [9.17, 15) is 4.79 Å². The number of aromatic nitrogens is 1. The van der Waals surface area contributed by atoms with Crippen molar-refractivity contribution in [3.63, 3.8) is 0 Å². The molecule has 0 unspecified atom stereocenters. The summed E-state index contributed by atoms with van der Waals surface area (Å²) >= 11 is 17.5. The van der Waals surface area contributed by atoms with Gasteiger partial charge in [0.25, 0.3) is 5.91 Å². The quantitative estimate of drug-likeness (QED) is 0.899. The van der Waals surface area contributed by atoms with Gasteiger partial charge >= 0.3 is 0 Å². The van der Waals surface area contributed by atoms with Crippen LogP contribution in [0.3, 0.4) is 0 Å². The summed E-state index contributed by atoms with van der Waals surface area (Å²) in [7, 11) is 0. The normalized spacial score (nSPS) is 10.2. The molecule has 0 saturated carbocycles. The van der Waals surface area contributed by atoms with E-state index in [4.69, 9.17) is 34.8 Å². The molecule has 0 bridgehead atoms. The van der Waals surface area contributed by atoms with Gasteiger partial charge in [0.2, 0.25) is 0 Å². The van der Waals surface area contributed by atoms with Gasteiger partial charge in [0.05, 0.1) is 5.02 Å². The van der Waals surface area contributed by atoms with Crippen LogP contribution in [0.25, 0.3) is 0 Å². The molecule has 0 aliphatic rings. The van der Waals surface area contributed by atoms with E-state index in [0.717, 1.165) is 0 Å². The van der Waals surface area contributed by atoms with Crippen LogP contribution in [0.1, 0.15) is 10.4 Å². The van der Waals surface area contributed by atoms with Gasteiger partial charge in [0, 0.05) is 21.8 Å². The SMILES string of the molecule is O=C(Nc1ncccc1Cl)c1cc(Cl)cc(Cl)c1. The third-order valence-corrected chi connectivity index (χ3v) is 2.86. The minimum atomic E-state index is -0.375. The molecular weight excluding hydrogens is 295 g/mol. The van der Waals surface area contributed by atoms with Gasteiger partial charge in [-0.05, 0) is 30.3 Å². The Bertz CT molecular complexity index is 581.